The van der Waals surface area contributed by atoms with Crippen LogP contribution in [0.2, 0.25) is 0 Å². The van der Waals surface area contributed by atoms with E-state index in [4.69, 9.17) is 0 Å². The summed E-state index contributed by atoms with van der Waals surface area (Å²) in [7, 11) is 0. The van der Waals surface area contributed by atoms with Gasteiger partial charge in [0.2, 0.25) is 0 Å². The van der Waals surface area contributed by atoms with E-state index in [1.807, 2.05) is 0 Å². The molecule has 1 heteroatoms. The molecule has 0 heterocycles. The maximum absolute atomic E-state index is 4.01. The van der Waals surface area contributed by atoms with E-state index in [0.717, 1.165) is 23.9 Å². The van der Waals surface area contributed by atoms with Crippen LogP contribution in [0.4, 0.5) is 0 Å². The maximum atomic E-state index is 4.01. The lowest BCUT2D eigenvalue weighted by Crippen LogP contribution is -2.50. The number of rotatable bonds is 2. The maximum Gasteiger partial charge on any atom is 0.0121 e. The first-order chi connectivity index (χ1) is 7.50. The van der Waals surface area contributed by atoms with Crippen LogP contribution in [-0.2, 0) is 0 Å². The van der Waals surface area contributed by atoms with Crippen molar-refractivity contribution in [3.05, 3.63) is 0 Å². The summed E-state index contributed by atoms with van der Waals surface area (Å²) in [6, 6.07) is 1.54. The minimum Gasteiger partial charge on any atom is -0.310 e. The van der Waals surface area contributed by atoms with Crippen molar-refractivity contribution in [3.8, 4) is 0 Å². The summed E-state index contributed by atoms with van der Waals surface area (Å²) in [6.07, 6.45) is 8.50. The van der Waals surface area contributed by atoms with E-state index >= 15 is 0 Å². The highest BCUT2D eigenvalue weighted by Crippen LogP contribution is 2.39. The van der Waals surface area contributed by atoms with Gasteiger partial charge < -0.3 is 5.32 Å². The van der Waals surface area contributed by atoms with Gasteiger partial charge in [0.15, 0.2) is 0 Å². The highest BCUT2D eigenvalue weighted by Gasteiger charge is 2.38. The lowest BCUT2D eigenvalue weighted by molar-refractivity contribution is 0.159. The third-order valence-electron chi connectivity index (χ3n) is 5.20. The zero-order valence-electron chi connectivity index (χ0n) is 11.6. The van der Waals surface area contributed by atoms with E-state index in [-0.39, 0.29) is 0 Å². The molecule has 1 nitrogen and oxygen atoms in total. The second-order valence-corrected chi connectivity index (χ2v) is 7.01. The van der Waals surface area contributed by atoms with Gasteiger partial charge in [-0.15, -0.1) is 0 Å². The summed E-state index contributed by atoms with van der Waals surface area (Å²) >= 11 is 0. The molecule has 94 valence electrons. The molecule has 0 spiro atoms. The Labute approximate surface area is 101 Å². The summed E-state index contributed by atoms with van der Waals surface area (Å²) in [5, 5.41) is 4.01. The molecular formula is C15H29N. The van der Waals surface area contributed by atoms with Crippen molar-refractivity contribution < 1.29 is 0 Å². The Kier molecular flexibility index (Phi) is 3.63. The third kappa shape index (κ3) is 2.45. The fraction of sp³-hybridized carbons (Fsp3) is 1.00. The average molecular weight is 223 g/mol. The van der Waals surface area contributed by atoms with Gasteiger partial charge in [0, 0.05) is 12.1 Å². The Bertz CT molecular complexity index is 224. The monoisotopic (exact) mass is 223 g/mol. The lowest BCUT2D eigenvalue weighted by atomic mass is 9.77. The zero-order chi connectivity index (χ0) is 11.8. The molecule has 2 saturated carbocycles. The van der Waals surface area contributed by atoms with Gasteiger partial charge in [-0.25, -0.2) is 0 Å². The number of nitrogens with one attached hydrogen (secondary N) is 1. The van der Waals surface area contributed by atoms with Crippen molar-refractivity contribution in [2.75, 3.05) is 0 Å². The van der Waals surface area contributed by atoms with Gasteiger partial charge >= 0.3 is 0 Å². The van der Waals surface area contributed by atoms with E-state index in [2.05, 4.69) is 33.0 Å². The predicted octanol–water partition coefficient (Wildman–Crippen LogP) is 3.98. The van der Waals surface area contributed by atoms with Crippen LogP contribution >= 0.6 is 0 Å². The van der Waals surface area contributed by atoms with Crippen molar-refractivity contribution in [3.63, 3.8) is 0 Å². The largest absolute Gasteiger partial charge is 0.310 e. The quantitative estimate of drug-likeness (QED) is 0.746. The second-order valence-electron chi connectivity index (χ2n) is 7.01. The van der Waals surface area contributed by atoms with Gasteiger partial charge in [-0.1, -0.05) is 40.5 Å². The Morgan fingerprint density at radius 2 is 1.56 bits per heavy atom. The fourth-order valence-electron chi connectivity index (χ4n) is 3.88. The van der Waals surface area contributed by atoms with Gasteiger partial charge in [0.05, 0.1) is 0 Å². The first kappa shape index (κ1) is 12.4. The minimum atomic E-state index is 0.525. The summed E-state index contributed by atoms with van der Waals surface area (Å²) in [5.74, 6) is 1.75. The van der Waals surface area contributed by atoms with Gasteiger partial charge in [-0.2, -0.15) is 0 Å². The van der Waals surface area contributed by atoms with Gasteiger partial charge in [-0.05, 0) is 42.9 Å². The molecule has 2 rings (SSSR count). The van der Waals surface area contributed by atoms with E-state index in [0.29, 0.717) is 5.41 Å². The summed E-state index contributed by atoms with van der Waals surface area (Å²) in [4.78, 5) is 0. The molecular weight excluding hydrogens is 194 g/mol. The van der Waals surface area contributed by atoms with E-state index in [1.54, 1.807) is 0 Å². The van der Waals surface area contributed by atoms with E-state index in [1.165, 1.54) is 38.5 Å². The molecule has 2 aliphatic rings. The van der Waals surface area contributed by atoms with Crippen molar-refractivity contribution in [2.24, 2.45) is 17.3 Å². The minimum absolute atomic E-state index is 0.525. The molecule has 0 amide bonds. The normalized spacial score (nSPS) is 43.5. The molecule has 0 aromatic rings. The smallest absolute Gasteiger partial charge is 0.0121 e. The summed E-state index contributed by atoms with van der Waals surface area (Å²) < 4.78 is 0. The van der Waals surface area contributed by atoms with Crippen LogP contribution in [-0.4, -0.2) is 12.1 Å². The molecule has 0 aliphatic heterocycles. The number of hydrogen-bond donors (Lipinski definition) is 1. The van der Waals surface area contributed by atoms with E-state index in [9.17, 15) is 0 Å². The summed E-state index contributed by atoms with van der Waals surface area (Å²) in [5.41, 5.74) is 0.525. The molecule has 0 radical (unpaired) electrons. The third-order valence-corrected chi connectivity index (χ3v) is 5.20. The van der Waals surface area contributed by atoms with Crippen LogP contribution < -0.4 is 5.32 Å². The fourth-order valence-corrected chi connectivity index (χ4v) is 3.88. The topological polar surface area (TPSA) is 12.0 Å². The van der Waals surface area contributed by atoms with Crippen molar-refractivity contribution in [2.45, 2.75) is 78.3 Å². The van der Waals surface area contributed by atoms with Crippen LogP contribution in [0.25, 0.3) is 0 Å². The average Bonchev–Trinajstić information content (AvgIpc) is 2.52. The van der Waals surface area contributed by atoms with Crippen LogP contribution in [0.15, 0.2) is 0 Å². The highest BCUT2D eigenvalue weighted by molar-refractivity contribution is 4.94. The molecule has 0 bridgehead atoms. The second kappa shape index (κ2) is 4.68. The highest BCUT2D eigenvalue weighted by atomic mass is 15.0. The molecule has 1 N–H and O–H groups in total. The van der Waals surface area contributed by atoms with Gasteiger partial charge in [0.1, 0.15) is 0 Å². The molecule has 0 aromatic heterocycles. The Morgan fingerprint density at radius 3 is 2.06 bits per heavy atom. The van der Waals surface area contributed by atoms with Crippen LogP contribution in [0.1, 0.15) is 66.2 Å². The molecule has 3 unspecified atom stereocenters. The SMILES string of the molecule is CC1CCCC(C)C1NC1CCCC1(C)C. The van der Waals surface area contributed by atoms with E-state index < -0.39 is 0 Å². The van der Waals surface area contributed by atoms with Crippen molar-refractivity contribution >= 4 is 0 Å². The first-order valence-electron chi connectivity index (χ1n) is 7.27. The zero-order valence-corrected chi connectivity index (χ0v) is 11.6. The molecule has 0 aromatic carbocycles. The molecule has 2 fully saturated rings. The van der Waals surface area contributed by atoms with Crippen molar-refractivity contribution in [1.82, 2.24) is 5.32 Å². The Hall–Kier alpha value is -0.0400. The first-order valence-corrected chi connectivity index (χ1v) is 7.27. The molecule has 0 saturated heterocycles. The Balaban J connectivity index is 1.97. The predicted molar refractivity (Wildman–Crippen MR) is 70.5 cm³/mol. The molecule has 3 atom stereocenters. The number of hydrogen-bond acceptors (Lipinski definition) is 1. The van der Waals surface area contributed by atoms with Crippen molar-refractivity contribution in [1.29, 1.82) is 0 Å². The van der Waals surface area contributed by atoms with Crippen LogP contribution in [0, 0.1) is 17.3 Å². The summed E-state index contributed by atoms with van der Waals surface area (Å²) in [6.45, 7) is 9.76. The molecule has 2 aliphatic carbocycles. The lowest BCUT2D eigenvalue weighted by Gasteiger charge is -2.40. The standard InChI is InChI=1S/C15H29N/c1-11-7-5-8-12(2)14(11)16-13-9-6-10-15(13,3)4/h11-14,16H,5-10H2,1-4H3. The van der Waals surface area contributed by atoms with Crippen LogP contribution in [0.5, 0.6) is 0 Å². The van der Waals surface area contributed by atoms with Gasteiger partial charge in [0.25, 0.3) is 0 Å². The van der Waals surface area contributed by atoms with Gasteiger partial charge in [-0.3, -0.25) is 0 Å². The van der Waals surface area contributed by atoms with Crippen LogP contribution in [0.3, 0.4) is 0 Å². The molecule has 16 heavy (non-hydrogen) atoms. The Morgan fingerprint density at radius 1 is 0.938 bits per heavy atom.